The van der Waals surface area contributed by atoms with Crippen LogP contribution in [0.4, 0.5) is 0 Å². The van der Waals surface area contributed by atoms with E-state index in [9.17, 15) is 4.79 Å². The summed E-state index contributed by atoms with van der Waals surface area (Å²) in [5, 5.41) is 4.09. The molecule has 3 aromatic rings. The maximum atomic E-state index is 12.9. The highest BCUT2D eigenvalue weighted by Crippen LogP contribution is 2.30. The van der Waals surface area contributed by atoms with Crippen molar-refractivity contribution in [1.82, 2.24) is 15.2 Å². The monoisotopic (exact) mass is 447 g/mol. The van der Waals surface area contributed by atoms with Crippen LogP contribution in [0.1, 0.15) is 42.1 Å². The number of benzene rings is 2. The summed E-state index contributed by atoms with van der Waals surface area (Å²) < 4.78 is 0. The average Bonchev–Trinajstić information content (AvgIpc) is 2.83. The number of halogens is 1. The predicted octanol–water partition coefficient (Wildman–Crippen LogP) is 5.44. The van der Waals surface area contributed by atoms with Crippen molar-refractivity contribution in [2.45, 2.75) is 38.3 Å². The second-order valence-corrected chi connectivity index (χ2v) is 8.99. The Kier molecular flexibility index (Phi) is 7.92. The molecule has 2 heterocycles. The molecular weight excluding hydrogens is 418 g/mol. The number of aryl methyl sites for hydroxylation is 1. The fraction of sp³-hybridized carbons (Fsp3) is 0.333. The molecule has 5 heteroatoms. The van der Waals surface area contributed by atoms with E-state index in [1.54, 1.807) is 0 Å². The minimum Gasteiger partial charge on any atom is -0.347 e. The maximum absolute atomic E-state index is 12.9. The number of aromatic nitrogens is 1. The Morgan fingerprint density at radius 2 is 1.88 bits per heavy atom. The van der Waals surface area contributed by atoms with Crippen LogP contribution < -0.4 is 5.32 Å². The van der Waals surface area contributed by atoms with Gasteiger partial charge in [0.05, 0.1) is 11.7 Å². The number of carbonyl (C=O) groups is 1. The highest BCUT2D eigenvalue weighted by molar-refractivity contribution is 6.30. The van der Waals surface area contributed by atoms with Crippen LogP contribution in [0, 0.1) is 5.92 Å². The summed E-state index contributed by atoms with van der Waals surface area (Å²) >= 11 is 6.18. The minimum atomic E-state index is -0.0818. The molecule has 4 rings (SSSR count). The van der Waals surface area contributed by atoms with Gasteiger partial charge in [0.25, 0.3) is 0 Å². The lowest BCUT2D eigenvalue weighted by atomic mass is 9.88. The van der Waals surface area contributed by atoms with E-state index in [0.29, 0.717) is 12.3 Å². The number of rotatable bonds is 8. The molecule has 0 saturated carbocycles. The molecule has 1 aromatic heterocycles. The van der Waals surface area contributed by atoms with Crippen LogP contribution in [0.25, 0.3) is 0 Å². The molecule has 1 aliphatic heterocycles. The molecule has 2 atom stereocenters. The highest BCUT2D eigenvalue weighted by Gasteiger charge is 2.30. The normalized spacial score (nSPS) is 17.6. The van der Waals surface area contributed by atoms with Crippen molar-refractivity contribution in [2.75, 3.05) is 13.1 Å². The minimum absolute atomic E-state index is 0.0801. The second kappa shape index (κ2) is 11.3. The molecule has 4 nitrogen and oxygen atoms in total. The van der Waals surface area contributed by atoms with Crippen LogP contribution in [0.15, 0.2) is 79.0 Å². The van der Waals surface area contributed by atoms with Crippen LogP contribution >= 0.6 is 11.6 Å². The summed E-state index contributed by atoms with van der Waals surface area (Å²) in [6.07, 6.45) is 5.21. The van der Waals surface area contributed by atoms with E-state index >= 15 is 0 Å². The molecule has 2 aromatic carbocycles. The number of nitrogens with zero attached hydrogens (tertiary/aromatic N) is 2. The van der Waals surface area contributed by atoms with E-state index in [4.69, 9.17) is 11.6 Å². The summed E-state index contributed by atoms with van der Waals surface area (Å²) in [6, 6.07) is 24.1. The summed E-state index contributed by atoms with van der Waals surface area (Å²) in [5.74, 6) is 0.398. The highest BCUT2D eigenvalue weighted by atomic mass is 35.5. The van der Waals surface area contributed by atoms with Crippen LogP contribution in [0.5, 0.6) is 0 Å². The van der Waals surface area contributed by atoms with Crippen molar-refractivity contribution < 1.29 is 4.79 Å². The van der Waals surface area contributed by atoms with Gasteiger partial charge >= 0.3 is 0 Å². The summed E-state index contributed by atoms with van der Waals surface area (Å²) in [6.45, 7) is 2.85. The average molecular weight is 448 g/mol. The number of piperidine rings is 1. The lowest BCUT2D eigenvalue weighted by Gasteiger charge is -2.37. The van der Waals surface area contributed by atoms with Crippen molar-refractivity contribution in [2.24, 2.45) is 5.92 Å². The van der Waals surface area contributed by atoms with Gasteiger partial charge in [0.2, 0.25) is 5.91 Å². The van der Waals surface area contributed by atoms with E-state index in [1.807, 2.05) is 60.8 Å². The van der Waals surface area contributed by atoms with Crippen LogP contribution in [0.2, 0.25) is 5.02 Å². The Balaban J connectivity index is 1.43. The summed E-state index contributed by atoms with van der Waals surface area (Å²) in [5.41, 5.74) is 3.34. The van der Waals surface area contributed by atoms with Gasteiger partial charge in [-0.05, 0) is 67.1 Å². The Morgan fingerprint density at radius 3 is 2.66 bits per heavy atom. The number of amides is 1. The number of hydrogen-bond acceptors (Lipinski definition) is 3. The van der Waals surface area contributed by atoms with Crippen molar-refractivity contribution in [3.63, 3.8) is 0 Å². The largest absolute Gasteiger partial charge is 0.347 e. The first-order valence-corrected chi connectivity index (χ1v) is 11.8. The zero-order valence-electron chi connectivity index (χ0n) is 18.3. The van der Waals surface area contributed by atoms with Gasteiger partial charge in [-0.2, -0.15) is 0 Å². The summed E-state index contributed by atoms with van der Waals surface area (Å²) in [7, 11) is 0. The Hall–Kier alpha value is -2.69. The Morgan fingerprint density at radius 1 is 1.06 bits per heavy atom. The van der Waals surface area contributed by atoms with E-state index in [-0.39, 0.29) is 11.9 Å². The Labute approximate surface area is 195 Å². The first kappa shape index (κ1) is 22.5. The number of carbonyl (C=O) groups excluding carboxylic acids is 1. The van der Waals surface area contributed by atoms with E-state index in [1.165, 1.54) is 11.1 Å². The van der Waals surface area contributed by atoms with Crippen LogP contribution in [-0.4, -0.2) is 28.9 Å². The molecule has 0 unspecified atom stereocenters. The third kappa shape index (κ3) is 6.41. The smallest absolute Gasteiger partial charge is 0.220 e. The fourth-order valence-electron chi connectivity index (χ4n) is 4.54. The zero-order chi connectivity index (χ0) is 22.2. The molecule has 1 saturated heterocycles. The molecule has 1 N–H and O–H groups in total. The number of hydrogen-bond donors (Lipinski definition) is 1. The number of likely N-dealkylation sites (tertiary alicyclic amines) is 1. The number of pyridine rings is 1. The molecule has 32 heavy (non-hydrogen) atoms. The van der Waals surface area contributed by atoms with Gasteiger partial charge in [0.1, 0.15) is 0 Å². The number of nitrogens with one attached hydrogen (secondary N) is 1. The van der Waals surface area contributed by atoms with Gasteiger partial charge in [-0.15, -0.1) is 0 Å². The molecule has 0 spiro atoms. The molecule has 0 radical (unpaired) electrons. The molecule has 1 amide bonds. The van der Waals surface area contributed by atoms with Crippen molar-refractivity contribution in [3.05, 3.63) is 101 Å². The molecule has 166 valence electrons. The maximum Gasteiger partial charge on any atom is 0.220 e. The van der Waals surface area contributed by atoms with E-state index in [0.717, 1.165) is 49.6 Å². The van der Waals surface area contributed by atoms with Gasteiger partial charge in [-0.25, -0.2) is 0 Å². The predicted molar refractivity (Wildman–Crippen MR) is 129 cm³/mol. The fourth-order valence-corrected chi connectivity index (χ4v) is 4.75. The lowest BCUT2D eigenvalue weighted by Crippen LogP contribution is -2.43. The van der Waals surface area contributed by atoms with Crippen LogP contribution in [0.3, 0.4) is 0 Å². The third-order valence-electron chi connectivity index (χ3n) is 6.12. The molecule has 1 aliphatic rings. The van der Waals surface area contributed by atoms with Crippen LogP contribution in [-0.2, 0) is 17.8 Å². The lowest BCUT2D eigenvalue weighted by molar-refractivity contribution is -0.122. The molecule has 1 fully saturated rings. The summed E-state index contributed by atoms with van der Waals surface area (Å²) in [4.78, 5) is 19.9. The van der Waals surface area contributed by atoms with Crippen molar-refractivity contribution >= 4 is 17.5 Å². The topological polar surface area (TPSA) is 45.2 Å². The first-order chi connectivity index (χ1) is 15.7. The van der Waals surface area contributed by atoms with Gasteiger partial charge in [0.15, 0.2) is 0 Å². The van der Waals surface area contributed by atoms with E-state index in [2.05, 4.69) is 33.4 Å². The molecule has 0 aliphatic carbocycles. The van der Waals surface area contributed by atoms with Gasteiger partial charge in [0, 0.05) is 30.7 Å². The quantitative estimate of drug-likeness (QED) is 0.500. The SMILES string of the molecule is O=C(CCc1ccccc1)N[C@@H](c1ccccn1)[C@@H]1CCCN(Cc2cccc(Cl)c2)C1. The standard InChI is InChI=1S/C27H30ClN3O/c28-24-12-6-10-22(18-24)19-31-17-7-11-23(20-31)27(25-13-4-5-16-29-25)30-26(32)15-14-21-8-2-1-3-9-21/h1-6,8-10,12-13,16,18,23,27H,7,11,14-15,17,19-20H2,(H,30,32)/t23-,27-/m1/s1. The van der Waals surface area contributed by atoms with Gasteiger partial charge < -0.3 is 5.32 Å². The third-order valence-corrected chi connectivity index (χ3v) is 6.35. The molecular formula is C27H30ClN3O. The Bertz CT molecular complexity index is 996. The molecule has 0 bridgehead atoms. The van der Waals surface area contributed by atoms with Crippen molar-refractivity contribution in [1.29, 1.82) is 0 Å². The second-order valence-electron chi connectivity index (χ2n) is 8.55. The van der Waals surface area contributed by atoms with Crippen molar-refractivity contribution in [3.8, 4) is 0 Å². The zero-order valence-corrected chi connectivity index (χ0v) is 19.0. The van der Waals surface area contributed by atoms with Gasteiger partial charge in [-0.1, -0.05) is 60.1 Å². The first-order valence-electron chi connectivity index (χ1n) is 11.4. The van der Waals surface area contributed by atoms with Gasteiger partial charge in [-0.3, -0.25) is 14.7 Å². The van der Waals surface area contributed by atoms with E-state index < -0.39 is 0 Å².